The van der Waals surface area contributed by atoms with Crippen LogP contribution in [0.1, 0.15) is 48.9 Å². The van der Waals surface area contributed by atoms with E-state index in [1.165, 1.54) is 24.3 Å². The van der Waals surface area contributed by atoms with Crippen molar-refractivity contribution >= 4 is 17.8 Å². The number of carboxylic acid groups (broad SMARTS) is 1. The third-order valence-corrected chi connectivity index (χ3v) is 4.37. The lowest BCUT2D eigenvalue weighted by atomic mass is 9.97. The van der Waals surface area contributed by atoms with Crippen LogP contribution in [0.15, 0.2) is 24.3 Å². The summed E-state index contributed by atoms with van der Waals surface area (Å²) in [7, 11) is 0. The molecule has 2 amide bonds. The first-order valence-electron chi connectivity index (χ1n) is 8.52. The summed E-state index contributed by atoms with van der Waals surface area (Å²) in [5.41, 5.74) is 0.339. The van der Waals surface area contributed by atoms with Crippen molar-refractivity contribution in [2.75, 3.05) is 13.1 Å². The number of nitrogens with one attached hydrogen (secondary N) is 1. The van der Waals surface area contributed by atoms with Gasteiger partial charge in [0, 0.05) is 37.5 Å². The van der Waals surface area contributed by atoms with E-state index in [2.05, 4.69) is 5.32 Å². The molecule has 0 radical (unpaired) electrons. The summed E-state index contributed by atoms with van der Waals surface area (Å²) >= 11 is 0. The second-order valence-electron chi connectivity index (χ2n) is 6.18. The van der Waals surface area contributed by atoms with Crippen LogP contribution >= 0.6 is 0 Å². The molecule has 2 N–H and O–H groups in total. The Balaban J connectivity index is 1.80. The van der Waals surface area contributed by atoms with Crippen molar-refractivity contribution in [2.45, 2.75) is 44.6 Å². The quantitative estimate of drug-likeness (QED) is 0.789. The second kappa shape index (κ2) is 9.15. The number of likely N-dealkylation sites (tertiary alicyclic amines) is 1. The first-order valence-corrected chi connectivity index (χ1v) is 8.52. The molecule has 2 rings (SSSR count). The van der Waals surface area contributed by atoms with Crippen LogP contribution < -0.4 is 5.32 Å². The SMILES string of the molecule is O=C(O)CCC1CCCCN1C(=O)CCNC(=O)c1ccc(F)cc1. The standard InChI is InChI=1S/C18H23FN2O4/c19-14-6-4-13(5-7-14)18(25)20-11-10-16(22)21-12-2-1-3-15(21)8-9-17(23)24/h4-7,15H,1-3,8-12H2,(H,20,25)(H,23,24). The molecular weight excluding hydrogens is 327 g/mol. The zero-order chi connectivity index (χ0) is 18.2. The number of carbonyl (C=O) groups excluding carboxylic acids is 2. The minimum Gasteiger partial charge on any atom is -0.481 e. The topological polar surface area (TPSA) is 86.7 Å². The van der Waals surface area contributed by atoms with Gasteiger partial charge in [-0.2, -0.15) is 0 Å². The maximum atomic E-state index is 12.8. The molecule has 0 aromatic heterocycles. The van der Waals surface area contributed by atoms with Gasteiger partial charge < -0.3 is 15.3 Å². The molecule has 1 saturated heterocycles. The number of piperidine rings is 1. The van der Waals surface area contributed by atoms with Crippen LogP contribution in [0.5, 0.6) is 0 Å². The minimum absolute atomic E-state index is 0.0369. The first kappa shape index (κ1) is 18.9. The van der Waals surface area contributed by atoms with Crippen LogP contribution in [-0.4, -0.2) is 46.9 Å². The maximum absolute atomic E-state index is 12.8. The Hall–Kier alpha value is -2.44. The summed E-state index contributed by atoms with van der Waals surface area (Å²) in [5.74, 6) is -1.70. The fourth-order valence-electron chi connectivity index (χ4n) is 3.05. The molecule has 0 spiro atoms. The van der Waals surface area contributed by atoms with Crippen LogP contribution in [0.4, 0.5) is 4.39 Å². The van der Waals surface area contributed by atoms with E-state index in [4.69, 9.17) is 5.11 Å². The zero-order valence-electron chi connectivity index (χ0n) is 14.0. The van der Waals surface area contributed by atoms with E-state index >= 15 is 0 Å². The van der Waals surface area contributed by atoms with Crippen molar-refractivity contribution in [3.63, 3.8) is 0 Å². The van der Waals surface area contributed by atoms with Crippen molar-refractivity contribution in [1.82, 2.24) is 10.2 Å². The molecule has 1 aromatic rings. The molecular formula is C18H23FN2O4. The number of carbonyl (C=O) groups is 3. The number of amides is 2. The van der Waals surface area contributed by atoms with E-state index in [0.717, 1.165) is 19.3 Å². The van der Waals surface area contributed by atoms with E-state index in [1.54, 1.807) is 4.90 Å². The van der Waals surface area contributed by atoms with Crippen molar-refractivity contribution in [3.05, 3.63) is 35.6 Å². The number of hydrogen-bond donors (Lipinski definition) is 2. The number of aliphatic carboxylic acids is 1. The van der Waals surface area contributed by atoms with E-state index < -0.39 is 11.8 Å². The Labute approximate surface area is 146 Å². The van der Waals surface area contributed by atoms with Gasteiger partial charge in [0.05, 0.1) is 0 Å². The average molecular weight is 350 g/mol. The third-order valence-electron chi connectivity index (χ3n) is 4.37. The lowest BCUT2D eigenvalue weighted by Gasteiger charge is -2.35. The van der Waals surface area contributed by atoms with Crippen molar-refractivity contribution in [2.24, 2.45) is 0 Å². The van der Waals surface area contributed by atoms with Gasteiger partial charge in [-0.25, -0.2) is 4.39 Å². The molecule has 0 bridgehead atoms. The first-order chi connectivity index (χ1) is 12.0. The smallest absolute Gasteiger partial charge is 0.303 e. The van der Waals surface area contributed by atoms with E-state index in [9.17, 15) is 18.8 Å². The normalized spacial score (nSPS) is 17.2. The Morgan fingerprint density at radius 1 is 1.16 bits per heavy atom. The van der Waals surface area contributed by atoms with Gasteiger partial charge in [0.15, 0.2) is 0 Å². The number of benzene rings is 1. The predicted molar refractivity (Wildman–Crippen MR) is 89.6 cm³/mol. The van der Waals surface area contributed by atoms with Crippen LogP contribution in [0.3, 0.4) is 0 Å². The van der Waals surface area contributed by atoms with Gasteiger partial charge in [-0.15, -0.1) is 0 Å². The molecule has 1 heterocycles. The summed E-state index contributed by atoms with van der Waals surface area (Å²) < 4.78 is 12.8. The van der Waals surface area contributed by atoms with E-state index in [0.29, 0.717) is 18.5 Å². The summed E-state index contributed by atoms with van der Waals surface area (Å²) in [5, 5.41) is 11.5. The largest absolute Gasteiger partial charge is 0.481 e. The van der Waals surface area contributed by atoms with Gasteiger partial charge in [0.25, 0.3) is 5.91 Å². The molecule has 1 aliphatic heterocycles. The highest BCUT2D eigenvalue weighted by molar-refractivity contribution is 5.94. The molecule has 1 atom stereocenters. The number of carboxylic acids is 1. The van der Waals surface area contributed by atoms with Gasteiger partial charge >= 0.3 is 5.97 Å². The summed E-state index contributed by atoms with van der Waals surface area (Å²) in [6.45, 7) is 0.826. The summed E-state index contributed by atoms with van der Waals surface area (Å²) in [4.78, 5) is 36.8. The fourth-order valence-corrected chi connectivity index (χ4v) is 3.05. The van der Waals surface area contributed by atoms with E-state index in [1.807, 2.05) is 0 Å². The van der Waals surface area contributed by atoms with Gasteiger partial charge in [-0.3, -0.25) is 14.4 Å². The van der Waals surface area contributed by atoms with Gasteiger partial charge in [0.2, 0.25) is 5.91 Å². The van der Waals surface area contributed by atoms with Gasteiger partial charge in [-0.1, -0.05) is 0 Å². The Kier molecular flexibility index (Phi) is 6.91. The highest BCUT2D eigenvalue weighted by Crippen LogP contribution is 2.21. The van der Waals surface area contributed by atoms with Gasteiger partial charge in [-0.05, 0) is 49.9 Å². The van der Waals surface area contributed by atoms with Crippen LogP contribution in [0, 0.1) is 5.82 Å². The van der Waals surface area contributed by atoms with Crippen LogP contribution in [0.25, 0.3) is 0 Å². The molecule has 0 aliphatic carbocycles. The highest BCUT2D eigenvalue weighted by Gasteiger charge is 2.26. The number of rotatable bonds is 7. The number of nitrogens with zero attached hydrogens (tertiary/aromatic N) is 1. The summed E-state index contributed by atoms with van der Waals surface area (Å²) in [6.07, 6.45) is 3.41. The Bertz CT molecular complexity index is 618. The van der Waals surface area contributed by atoms with Crippen molar-refractivity contribution in [1.29, 1.82) is 0 Å². The molecule has 1 aromatic carbocycles. The predicted octanol–water partition coefficient (Wildman–Crippen LogP) is 2.19. The molecule has 0 saturated carbocycles. The van der Waals surface area contributed by atoms with Crippen LogP contribution in [0.2, 0.25) is 0 Å². The number of hydrogen-bond acceptors (Lipinski definition) is 3. The lowest BCUT2D eigenvalue weighted by molar-refractivity contribution is -0.140. The third kappa shape index (κ3) is 5.85. The average Bonchev–Trinajstić information content (AvgIpc) is 2.60. The monoisotopic (exact) mass is 350 g/mol. The van der Waals surface area contributed by atoms with Crippen molar-refractivity contribution < 1.29 is 23.9 Å². The number of halogens is 1. The molecule has 7 heteroatoms. The Morgan fingerprint density at radius 2 is 1.88 bits per heavy atom. The zero-order valence-corrected chi connectivity index (χ0v) is 14.0. The maximum Gasteiger partial charge on any atom is 0.303 e. The fraction of sp³-hybridized carbons (Fsp3) is 0.500. The molecule has 1 aliphatic rings. The summed E-state index contributed by atoms with van der Waals surface area (Å²) in [6, 6.07) is 5.16. The van der Waals surface area contributed by atoms with Crippen molar-refractivity contribution in [3.8, 4) is 0 Å². The Morgan fingerprint density at radius 3 is 2.56 bits per heavy atom. The van der Waals surface area contributed by atoms with Crippen LogP contribution in [-0.2, 0) is 9.59 Å². The van der Waals surface area contributed by atoms with Gasteiger partial charge in [0.1, 0.15) is 5.82 Å². The highest BCUT2D eigenvalue weighted by atomic mass is 19.1. The molecule has 6 nitrogen and oxygen atoms in total. The molecule has 136 valence electrons. The lowest BCUT2D eigenvalue weighted by Crippen LogP contribution is -2.45. The second-order valence-corrected chi connectivity index (χ2v) is 6.18. The van der Waals surface area contributed by atoms with E-state index in [-0.39, 0.29) is 37.2 Å². The molecule has 25 heavy (non-hydrogen) atoms. The minimum atomic E-state index is -0.857. The molecule has 1 unspecified atom stereocenters. The molecule has 1 fully saturated rings.